The monoisotopic (exact) mass is 336 g/mol. The molecule has 4 nitrogen and oxygen atoms in total. The molecule has 0 bridgehead atoms. The number of amides is 1. The van der Waals surface area contributed by atoms with Gasteiger partial charge in [0.05, 0.1) is 13.2 Å². The van der Waals surface area contributed by atoms with E-state index in [4.69, 9.17) is 4.74 Å². The Balaban J connectivity index is 1.45. The van der Waals surface area contributed by atoms with E-state index in [1.165, 1.54) is 11.3 Å². The van der Waals surface area contributed by atoms with Crippen molar-refractivity contribution in [1.82, 2.24) is 5.32 Å². The molecule has 25 heavy (non-hydrogen) atoms. The van der Waals surface area contributed by atoms with Gasteiger partial charge in [0.15, 0.2) is 0 Å². The largest absolute Gasteiger partial charge is 0.378 e. The van der Waals surface area contributed by atoms with Crippen molar-refractivity contribution in [3.8, 4) is 0 Å². The van der Waals surface area contributed by atoms with Gasteiger partial charge in [-0.2, -0.15) is 0 Å². The van der Waals surface area contributed by atoms with Crippen LogP contribution in [0.15, 0.2) is 60.7 Å². The average Bonchev–Trinajstić information content (AvgIpc) is 2.68. The van der Waals surface area contributed by atoms with Crippen molar-refractivity contribution in [2.45, 2.75) is 6.42 Å². The molecule has 1 aliphatic rings. The molecule has 0 aromatic heterocycles. The zero-order valence-corrected chi connectivity index (χ0v) is 14.4. The third-order valence-corrected chi connectivity index (χ3v) is 4.25. The number of carbonyl (C=O) groups is 1. The molecule has 0 unspecified atom stereocenters. The summed E-state index contributed by atoms with van der Waals surface area (Å²) in [7, 11) is 0. The summed E-state index contributed by atoms with van der Waals surface area (Å²) in [6.45, 7) is 4.07. The maximum Gasteiger partial charge on any atom is 0.244 e. The summed E-state index contributed by atoms with van der Waals surface area (Å²) < 4.78 is 5.37. The number of ether oxygens (including phenoxy) is 1. The smallest absolute Gasteiger partial charge is 0.244 e. The number of morpholine rings is 1. The average molecular weight is 336 g/mol. The first-order valence-electron chi connectivity index (χ1n) is 8.74. The Hall–Kier alpha value is -2.59. The van der Waals surface area contributed by atoms with Gasteiger partial charge in [-0.05, 0) is 35.8 Å². The topological polar surface area (TPSA) is 41.6 Å². The van der Waals surface area contributed by atoms with Gasteiger partial charge < -0.3 is 15.0 Å². The highest BCUT2D eigenvalue weighted by Crippen LogP contribution is 2.17. The predicted octanol–water partition coefficient (Wildman–Crippen LogP) is 2.90. The Morgan fingerprint density at radius 2 is 1.76 bits per heavy atom. The van der Waals surface area contributed by atoms with Gasteiger partial charge in [0.2, 0.25) is 5.91 Å². The number of nitrogens with one attached hydrogen (secondary N) is 1. The molecule has 3 rings (SSSR count). The first-order chi connectivity index (χ1) is 12.3. The molecule has 0 saturated carbocycles. The molecule has 2 aromatic carbocycles. The molecular weight excluding hydrogens is 312 g/mol. The van der Waals surface area contributed by atoms with E-state index >= 15 is 0 Å². The predicted molar refractivity (Wildman–Crippen MR) is 102 cm³/mol. The van der Waals surface area contributed by atoms with Crippen molar-refractivity contribution >= 4 is 17.7 Å². The van der Waals surface area contributed by atoms with Crippen molar-refractivity contribution in [3.05, 3.63) is 71.8 Å². The Morgan fingerprint density at radius 1 is 1.04 bits per heavy atom. The second-order valence-electron chi connectivity index (χ2n) is 6.05. The maximum atomic E-state index is 11.9. The van der Waals surface area contributed by atoms with Crippen molar-refractivity contribution in [1.29, 1.82) is 0 Å². The highest BCUT2D eigenvalue weighted by Gasteiger charge is 2.10. The summed E-state index contributed by atoms with van der Waals surface area (Å²) >= 11 is 0. The maximum absolute atomic E-state index is 11.9. The first kappa shape index (κ1) is 17.2. The molecule has 0 spiro atoms. The molecule has 1 aliphatic heterocycles. The zero-order valence-electron chi connectivity index (χ0n) is 14.4. The van der Waals surface area contributed by atoms with Gasteiger partial charge in [-0.1, -0.05) is 42.5 Å². The quantitative estimate of drug-likeness (QED) is 0.825. The Labute approximate surface area is 149 Å². The van der Waals surface area contributed by atoms with Crippen LogP contribution < -0.4 is 10.2 Å². The number of hydrogen-bond acceptors (Lipinski definition) is 3. The van der Waals surface area contributed by atoms with E-state index in [-0.39, 0.29) is 5.91 Å². The van der Waals surface area contributed by atoms with Gasteiger partial charge in [-0.15, -0.1) is 0 Å². The van der Waals surface area contributed by atoms with E-state index in [0.717, 1.165) is 38.3 Å². The minimum absolute atomic E-state index is 0.0619. The van der Waals surface area contributed by atoms with Crippen LogP contribution in [-0.4, -0.2) is 38.8 Å². The van der Waals surface area contributed by atoms with Crippen LogP contribution in [0.3, 0.4) is 0 Å². The van der Waals surface area contributed by atoms with Crippen molar-refractivity contribution in [2.24, 2.45) is 0 Å². The fourth-order valence-electron chi connectivity index (χ4n) is 2.82. The molecule has 1 N–H and O–H groups in total. The molecule has 130 valence electrons. The van der Waals surface area contributed by atoms with Gasteiger partial charge >= 0.3 is 0 Å². The second-order valence-corrected chi connectivity index (χ2v) is 6.05. The van der Waals surface area contributed by atoms with E-state index in [1.807, 2.05) is 36.4 Å². The highest BCUT2D eigenvalue weighted by atomic mass is 16.5. The minimum atomic E-state index is -0.0619. The Bertz CT molecular complexity index is 690. The van der Waals surface area contributed by atoms with Gasteiger partial charge in [0, 0.05) is 31.4 Å². The fraction of sp³-hybridized carbons (Fsp3) is 0.286. The minimum Gasteiger partial charge on any atom is -0.378 e. The summed E-state index contributed by atoms with van der Waals surface area (Å²) in [6, 6.07) is 18.4. The zero-order chi connectivity index (χ0) is 17.3. The summed E-state index contributed by atoms with van der Waals surface area (Å²) in [5, 5.41) is 2.92. The molecule has 4 heteroatoms. The first-order valence-corrected chi connectivity index (χ1v) is 8.74. The number of benzene rings is 2. The Kier molecular flexibility index (Phi) is 6.23. The van der Waals surface area contributed by atoms with Crippen molar-refractivity contribution in [2.75, 3.05) is 37.7 Å². The van der Waals surface area contributed by atoms with E-state index in [0.29, 0.717) is 6.54 Å². The lowest BCUT2D eigenvalue weighted by molar-refractivity contribution is -0.116. The van der Waals surface area contributed by atoms with E-state index in [1.54, 1.807) is 6.08 Å². The second kappa shape index (κ2) is 9.04. The lowest BCUT2D eigenvalue weighted by Crippen LogP contribution is -2.36. The Morgan fingerprint density at radius 3 is 2.48 bits per heavy atom. The van der Waals surface area contributed by atoms with Crippen LogP contribution in [0.4, 0.5) is 5.69 Å². The normalized spacial score (nSPS) is 14.6. The summed E-state index contributed by atoms with van der Waals surface area (Å²) in [5.41, 5.74) is 3.45. The number of nitrogens with zero attached hydrogens (tertiary/aromatic N) is 1. The van der Waals surface area contributed by atoms with Gasteiger partial charge in [0.1, 0.15) is 0 Å². The van der Waals surface area contributed by atoms with Crippen LogP contribution in [0.25, 0.3) is 6.08 Å². The molecule has 2 aromatic rings. The SMILES string of the molecule is O=C(/C=C/c1ccc(N2CCOCC2)cc1)NCCc1ccccc1. The summed E-state index contributed by atoms with van der Waals surface area (Å²) in [6.07, 6.45) is 4.28. The molecular formula is C21H24N2O2. The lowest BCUT2D eigenvalue weighted by atomic mass is 10.1. The third kappa shape index (κ3) is 5.47. The van der Waals surface area contributed by atoms with Gasteiger partial charge in [-0.25, -0.2) is 0 Å². The van der Waals surface area contributed by atoms with Crippen LogP contribution in [-0.2, 0) is 16.0 Å². The standard InChI is InChI=1S/C21H24N2O2/c24-21(22-13-12-18-4-2-1-3-5-18)11-8-19-6-9-20(10-7-19)23-14-16-25-17-15-23/h1-11H,12-17H2,(H,22,24)/b11-8+. The van der Waals surface area contributed by atoms with Crippen LogP contribution in [0, 0.1) is 0 Å². The number of anilines is 1. The van der Waals surface area contributed by atoms with Crippen LogP contribution in [0.1, 0.15) is 11.1 Å². The van der Waals surface area contributed by atoms with Crippen molar-refractivity contribution in [3.63, 3.8) is 0 Å². The summed E-state index contributed by atoms with van der Waals surface area (Å²) in [5.74, 6) is -0.0619. The molecule has 1 fully saturated rings. The van der Waals surface area contributed by atoms with Crippen LogP contribution in [0.5, 0.6) is 0 Å². The van der Waals surface area contributed by atoms with Gasteiger partial charge in [0.25, 0.3) is 0 Å². The molecule has 0 radical (unpaired) electrons. The highest BCUT2D eigenvalue weighted by molar-refractivity contribution is 5.91. The number of hydrogen-bond donors (Lipinski definition) is 1. The molecule has 0 atom stereocenters. The summed E-state index contributed by atoms with van der Waals surface area (Å²) in [4.78, 5) is 14.2. The number of rotatable bonds is 6. The van der Waals surface area contributed by atoms with E-state index < -0.39 is 0 Å². The number of carbonyl (C=O) groups excluding carboxylic acids is 1. The lowest BCUT2D eigenvalue weighted by Gasteiger charge is -2.28. The third-order valence-electron chi connectivity index (χ3n) is 4.25. The van der Waals surface area contributed by atoms with Crippen molar-refractivity contribution < 1.29 is 9.53 Å². The molecule has 1 heterocycles. The van der Waals surface area contributed by atoms with E-state index in [9.17, 15) is 4.79 Å². The molecule has 1 saturated heterocycles. The molecule has 0 aliphatic carbocycles. The fourth-order valence-corrected chi connectivity index (χ4v) is 2.82. The van der Waals surface area contributed by atoms with Crippen LogP contribution in [0.2, 0.25) is 0 Å². The molecule has 1 amide bonds. The van der Waals surface area contributed by atoms with Crippen LogP contribution >= 0.6 is 0 Å². The van der Waals surface area contributed by atoms with E-state index in [2.05, 4.69) is 34.5 Å². The van der Waals surface area contributed by atoms with Gasteiger partial charge in [-0.3, -0.25) is 4.79 Å².